The average Bonchev–Trinajstić information content (AvgIpc) is 3.10. The van der Waals surface area contributed by atoms with Gasteiger partial charge < -0.3 is 5.32 Å². The first kappa shape index (κ1) is 19.3. The van der Waals surface area contributed by atoms with Gasteiger partial charge in [0.15, 0.2) is 9.84 Å². The Morgan fingerprint density at radius 1 is 1.07 bits per heavy atom. The topological polar surface area (TPSA) is 76.1 Å². The smallest absolute Gasteiger partial charge is 0.235 e. The molecule has 0 spiro atoms. The first-order valence-corrected chi connectivity index (χ1v) is 11.2. The highest BCUT2D eigenvalue weighted by Gasteiger charge is 2.20. The zero-order chi connectivity index (χ0) is 19.3. The van der Waals surface area contributed by atoms with Crippen LogP contribution < -0.4 is 5.32 Å². The molecule has 2 aromatic carbocycles. The number of carbonyl (C=O) groups excluding carboxylic acids is 1. The molecule has 0 fully saturated rings. The van der Waals surface area contributed by atoms with Crippen LogP contribution in [0, 0.1) is 0 Å². The van der Waals surface area contributed by atoms with E-state index in [1.165, 1.54) is 11.3 Å². The van der Waals surface area contributed by atoms with Crippen molar-refractivity contribution in [3.8, 4) is 10.6 Å². The second kappa shape index (κ2) is 8.45. The van der Waals surface area contributed by atoms with Gasteiger partial charge in [0.1, 0.15) is 10.8 Å². The number of carbonyl (C=O) groups is 1. The number of aromatic nitrogens is 1. The SMILES string of the molecule is CC(NC(=O)CS(=O)(=O)Cc1csc(-c2ccccc2)n1)c1ccccc1. The lowest BCUT2D eigenvalue weighted by atomic mass is 10.1. The maximum atomic E-state index is 12.4. The number of nitrogens with zero attached hydrogens (tertiary/aromatic N) is 1. The highest BCUT2D eigenvalue weighted by molar-refractivity contribution is 7.91. The molecule has 0 saturated carbocycles. The van der Waals surface area contributed by atoms with Crippen LogP contribution in [0.2, 0.25) is 0 Å². The van der Waals surface area contributed by atoms with Crippen LogP contribution in [0.5, 0.6) is 0 Å². The van der Waals surface area contributed by atoms with Crippen molar-refractivity contribution in [2.45, 2.75) is 18.7 Å². The number of sulfone groups is 1. The van der Waals surface area contributed by atoms with E-state index >= 15 is 0 Å². The standard InChI is InChI=1S/C20H20N2O3S2/c1-15(16-8-4-2-5-9-16)21-19(23)14-27(24,25)13-18-12-26-20(22-18)17-10-6-3-7-11-17/h2-12,15H,13-14H2,1H3,(H,21,23). The summed E-state index contributed by atoms with van der Waals surface area (Å²) in [5.74, 6) is -1.31. The van der Waals surface area contributed by atoms with Crippen LogP contribution in [0.4, 0.5) is 0 Å². The van der Waals surface area contributed by atoms with E-state index < -0.39 is 21.5 Å². The van der Waals surface area contributed by atoms with Crippen LogP contribution in [0.3, 0.4) is 0 Å². The Kier molecular flexibility index (Phi) is 6.03. The van der Waals surface area contributed by atoms with Crippen LogP contribution >= 0.6 is 11.3 Å². The van der Waals surface area contributed by atoms with Crippen molar-refractivity contribution in [2.75, 3.05) is 5.75 Å². The van der Waals surface area contributed by atoms with Gasteiger partial charge in [0, 0.05) is 10.9 Å². The number of nitrogens with one attached hydrogen (secondary N) is 1. The van der Waals surface area contributed by atoms with E-state index in [1.54, 1.807) is 5.38 Å². The van der Waals surface area contributed by atoms with E-state index in [0.717, 1.165) is 16.1 Å². The molecule has 140 valence electrons. The van der Waals surface area contributed by atoms with Crippen LogP contribution in [-0.4, -0.2) is 25.1 Å². The second-order valence-corrected chi connectivity index (χ2v) is 9.16. The predicted octanol–water partition coefficient (Wildman–Crippen LogP) is 3.60. The van der Waals surface area contributed by atoms with Crippen molar-refractivity contribution in [2.24, 2.45) is 0 Å². The maximum absolute atomic E-state index is 12.4. The van der Waals surface area contributed by atoms with E-state index in [2.05, 4.69) is 10.3 Å². The number of hydrogen-bond acceptors (Lipinski definition) is 5. The molecular formula is C20H20N2O3S2. The monoisotopic (exact) mass is 400 g/mol. The summed E-state index contributed by atoms with van der Waals surface area (Å²) in [6.07, 6.45) is 0. The molecule has 1 amide bonds. The van der Waals surface area contributed by atoms with Crippen molar-refractivity contribution < 1.29 is 13.2 Å². The van der Waals surface area contributed by atoms with Gasteiger partial charge in [0.25, 0.3) is 0 Å². The van der Waals surface area contributed by atoms with E-state index in [1.807, 2.05) is 67.6 Å². The molecule has 0 radical (unpaired) electrons. The van der Waals surface area contributed by atoms with Gasteiger partial charge in [0.05, 0.1) is 17.5 Å². The summed E-state index contributed by atoms with van der Waals surface area (Å²) in [6, 6.07) is 18.7. The molecule has 1 heterocycles. The van der Waals surface area contributed by atoms with E-state index in [4.69, 9.17) is 0 Å². The van der Waals surface area contributed by atoms with Crippen LogP contribution in [0.15, 0.2) is 66.0 Å². The molecule has 0 saturated heterocycles. The van der Waals surface area contributed by atoms with Crippen molar-refractivity contribution >= 4 is 27.1 Å². The van der Waals surface area contributed by atoms with Gasteiger partial charge in [-0.2, -0.15) is 0 Å². The Balaban J connectivity index is 1.60. The lowest BCUT2D eigenvalue weighted by Crippen LogP contribution is -2.32. The fourth-order valence-electron chi connectivity index (χ4n) is 2.67. The molecule has 1 N–H and O–H groups in total. The lowest BCUT2D eigenvalue weighted by Gasteiger charge is -2.14. The Bertz CT molecular complexity index is 1000. The molecule has 7 heteroatoms. The molecular weight excluding hydrogens is 380 g/mol. The van der Waals surface area contributed by atoms with Crippen LogP contribution in [0.25, 0.3) is 10.6 Å². The van der Waals surface area contributed by atoms with Crippen LogP contribution in [-0.2, 0) is 20.4 Å². The molecule has 1 atom stereocenters. The second-order valence-electron chi connectivity index (χ2n) is 6.24. The zero-order valence-electron chi connectivity index (χ0n) is 14.8. The van der Waals surface area contributed by atoms with Gasteiger partial charge in [-0.25, -0.2) is 13.4 Å². The minimum Gasteiger partial charge on any atom is -0.349 e. The summed E-state index contributed by atoms with van der Waals surface area (Å²) >= 11 is 1.39. The van der Waals surface area contributed by atoms with Crippen LogP contribution in [0.1, 0.15) is 24.2 Å². The van der Waals surface area contributed by atoms with E-state index in [9.17, 15) is 13.2 Å². The van der Waals surface area contributed by atoms with Gasteiger partial charge >= 0.3 is 0 Å². The number of thiazole rings is 1. The zero-order valence-corrected chi connectivity index (χ0v) is 16.5. The molecule has 0 bridgehead atoms. The number of amides is 1. The van der Waals surface area contributed by atoms with Crippen molar-refractivity contribution in [1.82, 2.24) is 10.3 Å². The fourth-order valence-corrected chi connectivity index (χ4v) is 4.79. The first-order chi connectivity index (χ1) is 12.9. The van der Waals surface area contributed by atoms with Gasteiger partial charge in [0.2, 0.25) is 5.91 Å². The number of hydrogen-bond donors (Lipinski definition) is 1. The van der Waals surface area contributed by atoms with Gasteiger partial charge in [-0.15, -0.1) is 11.3 Å². The molecule has 5 nitrogen and oxygen atoms in total. The lowest BCUT2D eigenvalue weighted by molar-refractivity contribution is -0.119. The number of benzene rings is 2. The molecule has 3 aromatic rings. The van der Waals surface area contributed by atoms with E-state index in [0.29, 0.717) is 5.69 Å². The Hall–Kier alpha value is -2.51. The van der Waals surface area contributed by atoms with Gasteiger partial charge in [-0.3, -0.25) is 4.79 Å². The summed E-state index contributed by atoms with van der Waals surface area (Å²) in [6.45, 7) is 1.83. The molecule has 1 aromatic heterocycles. The fraction of sp³-hybridized carbons (Fsp3) is 0.200. The normalized spacial score (nSPS) is 12.5. The number of rotatable bonds is 7. The Morgan fingerprint density at radius 3 is 2.37 bits per heavy atom. The predicted molar refractivity (Wildman–Crippen MR) is 108 cm³/mol. The quantitative estimate of drug-likeness (QED) is 0.657. The minimum absolute atomic E-state index is 0.247. The summed E-state index contributed by atoms with van der Waals surface area (Å²) in [5, 5.41) is 5.23. The molecule has 3 rings (SSSR count). The first-order valence-electron chi connectivity index (χ1n) is 8.47. The summed E-state index contributed by atoms with van der Waals surface area (Å²) in [5.41, 5.74) is 2.33. The van der Waals surface area contributed by atoms with Crippen molar-refractivity contribution in [3.05, 3.63) is 77.3 Å². The maximum Gasteiger partial charge on any atom is 0.235 e. The van der Waals surface area contributed by atoms with E-state index in [-0.39, 0.29) is 11.8 Å². The Labute approximate surface area is 163 Å². The van der Waals surface area contributed by atoms with Crippen molar-refractivity contribution in [3.63, 3.8) is 0 Å². The highest BCUT2D eigenvalue weighted by Crippen LogP contribution is 2.24. The largest absolute Gasteiger partial charge is 0.349 e. The van der Waals surface area contributed by atoms with Crippen molar-refractivity contribution in [1.29, 1.82) is 0 Å². The molecule has 0 aliphatic carbocycles. The highest BCUT2D eigenvalue weighted by atomic mass is 32.2. The summed E-state index contributed by atoms with van der Waals surface area (Å²) < 4.78 is 24.8. The third kappa shape index (κ3) is 5.48. The Morgan fingerprint density at radius 2 is 1.70 bits per heavy atom. The molecule has 1 unspecified atom stereocenters. The minimum atomic E-state index is -3.60. The third-order valence-electron chi connectivity index (χ3n) is 3.97. The molecule has 0 aliphatic heterocycles. The third-order valence-corrected chi connectivity index (χ3v) is 6.35. The van der Waals surface area contributed by atoms with Gasteiger partial charge in [-0.1, -0.05) is 60.7 Å². The average molecular weight is 401 g/mol. The molecule has 0 aliphatic rings. The molecule has 27 heavy (non-hydrogen) atoms. The summed E-state index contributed by atoms with van der Waals surface area (Å²) in [7, 11) is -3.60. The summed E-state index contributed by atoms with van der Waals surface area (Å²) in [4.78, 5) is 16.5. The van der Waals surface area contributed by atoms with Gasteiger partial charge in [-0.05, 0) is 12.5 Å².